The maximum absolute atomic E-state index is 5.92. The largest absolute Gasteiger partial charge is 0.381 e. The molecule has 0 N–H and O–H groups in total. The molecule has 0 bridgehead atoms. The minimum atomic E-state index is 0.588. The number of ether oxygens (including phenoxy) is 1. The fraction of sp³-hybridized carbons (Fsp3) is 0.733. The summed E-state index contributed by atoms with van der Waals surface area (Å²) in [5.41, 5.74) is 3.18. The Morgan fingerprint density at radius 3 is 2.71 bits per heavy atom. The molecule has 0 fully saturated rings. The summed E-state index contributed by atoms with van der Waals surface area (Å²) in [6, 6.07) is 0. The summed E-state index contributed by atoms with van der Waals surface area (Å²) in [7, 11) is 1.98. The number of imidazole rings is 1. The van der Waals surface area contributed by atoms with Crippen molar-refractivity contribution in [3.05, 3.63) is 11.5 Å². The van der Waals surface area contributed by atoms with E-state index in [0.717, 1.165) is 68.1 Å². The third kappa shape index (κ3) is 3.58. The first-order valence-electron chi connectivity index (χ1n) is 7.77. The van der Waals surface area contributed by atoms with Gasteiger partial charge in [-0.15, -0.1) is 11.6 Å². The van der Waals surface area contributed by atoms with Crippen LogP contribution in [0.3, 0.4) is 0 Å². The van der Waals surface area contributed by atoms with Gasteiger partial charge in [-0.1, -0.05) is 13.8 Å². The molecule has 2 aromatic heterocycles. The lowest BCUT2D eigenvalue weighted by Crippen LogP contribution is -2.10. The lowest BCUT2D eigenvalue weighted by atomic mass is 10.3. The zero-order chi connectivity index (χ0) is 15.2. The second-order valence-corrected chi connectivity index (χ2v) is 5.56. The second kappa shape index (κ2) is 7.80. The Morgan fingerprint density at radius 1 is 1.24 bits per heavy atom. The molecular weight excluding hydrogens is 288 g/mol. The van der Waals surface area contributed by atoms with Crippen LogP contribution in [0.2, 0.25) is 0 Å². The molecule has 5 nitrogen and oxygen atoms in total. The van der Waals surface area contributed by atoms with Crippen LogP contribution in [0.15, 0.2) is 0 Å². The van der Waals surface area contributed by atoms with Crippen LogP contribution in [0.4, 0.5) is 0 Å². The zero-order valence-electron chi connectivity index (χ0n) is 13.2. The van der Waals surface area contributed by atoms with Crippen LogP contribution in [0.5, 0.6) is 0 Å². The van der Waals surface area contributed by atoms with Gasteiger partial charge >= 0.3 is 0 Å². The van der Waals surface area contributed by atoms with E-state index in [1.807, 2.05) is 11.7 Å². The maximum atomic E-state index is 5.92. The van der Waals surface area contributed by atoms with Gasteiger partial charge in [0.15, 0.2) is 5.65 Å². The van der Waals surface area contributed by atoms with Crippen molar-refractivity contribution in [3.63, 3.8) is 0 Å². The van der Waals surface area contributed by atoms with E-state index >= 15 is 0 Å². The smallest absolute Gasteiger partial charge is 0.158 e. The first-order valence-corrected chi connectivity index (χ1v) is 8.31. The second-order valence-electron chi connectivity index (χ2n) is 5.18. The van der Waals surface area contributed by atoms with Crippen molar-refractivity contribution in [3.8, 4) is 0 Å². The zero-order valence-corrected chi connectivity index (χ0v) is 14.0. The number of alkyl halides is 1. The molecule has 0 aromatic carbocycles. The molecule has 0 unspecified atom stereocenters. The predicted octanol–water partition coefficient (Wildman–Crippen LogP) is 2.93. The molecule has 118 valence electrons. The summed E-state index contributed by atoms with van der Waals surface area (Å²) in [5.74, 6) is 1.64. The maximum Gasteiger partial charge on any atom is 0.158 e. The first kappa shape index (κ1) is 16.3. The van der Waals surface area contributed by atoms with Gasteiger partial charge in [-0.25, -0.2) is 4.98 Å². The Morgan fingerprint density at radius 2 is 2.05 bits per heavy atom. The number of hydrogen-bond acceptors (Lipinski definition) is 3. The number of aryl methyl sites for hydroxylation is 4. The summed E-state index contributed by atoms with van der Waals surface area (Å²) in [6.45, 7) is 6.75. The van der Waals surface area contributed by atoms with Crippen LogP contribution in [-0.2, 0) is 31.2 Å². The third-order valence-corrected chi connectivity index (χ3v) is 3.73. The van der Waals surface area contributed by atoms with Gasteiger partial charge in [-0.2, -0.15) is 5.10 Å². The lowest BCUT2D eigenvalue weighted by molar-refractivity contribution is 0.129. The first-order chi connectivity index (χ1) is 10.2. The van der Waals surface area contributed by atoms with Crippen molar-refractivity contribution in [1.29, 1.82) is 0 Å². The van der Waals surface area contributed by atoms with E-state index in [-0.39, 0.29) is 0 Å². The highest BCUT2D eigenvalue weighted by molar-refractivity contribution is 6.17. The van der Waals surface area contributed by atoms with Crippen molar-refractivity contribution in [2.45, 2.75) is 46.1 Å². The molecule has 21 heavy (non-hydrogen) atoms. The third-order valence-electron chi connectivity index (χ3n) is 3.54. The number of aromatic nitrogens is 4. The Kier molecular flexibility index (Phi) is 6.06. The molecule has 0 amide bonds. The number of hydrogen-bond donors (Lipinski definition) is 0. The van der Waals surface area contributed by atoms with Gasteiger partial charge in [0.1, 0.15) is 11.3 Å². The van der Waals surface area contributed by atoms with Crippen LogP contribution in [-0.4, -0.2) is 38.4 Å². The van der Waals surface area contributed by atoms with Crippen LogP contribution >= 0.6 is 11.6 Å². The minimum absolute atomic E-state index is 0.588. The van der Waals surface area contributed by atoms with Gasteiger partial charge in [0.05, 0.1) is 5.69 Å². The SMILES string of the molecule is CCCOCCCn1c(CCCl)nc2c(CC)nn(C)c21. The quantitative estimate of drug-likeness (QED) is 0.528. The molecule has 6 heteroatoms. The standard InChI is InChI=1S/C15H25ClN4O/c1-4-10-21-11-6-9-20-13(7-8-16)17-14-12(5-2)18-19(3)15(14)20/h4-11H2,1-3H3. The molecule has 0 aliphatic heterocycles. The van der Waals surface area contributed by atoms with Gasteiger partial charge in [0.25, 0.3) is 0 Å². The van der Waals surface area contributed by atoms with E-state index in [4.69, 9.17) is 21.3 Å². The van der Waals surface area contributed by atoms with E-state index in [9.17, 15) is 0 Å². The highest BCUT2D eigenvalue weighted by Gasteiger charge is 2.17. The molecule has 2 rings (SSSR count). The Hall–Kier alpha value is -1.07. The molecule has 0 spiro atoms. The van der Waals surface area contributed by atoms with Crippen LogP contribution < -0.4 is 0 Å². The Bertz CT molecular complexity index is 576. The highest BCUT2D eigenvalue weighted by atomic mass is 35.5. The van der Waals surface area contributed by atoms with Gasteiger partial charge < -0.3 is 9.30 Å². The summed E-state index contributed by atoms with van der Waals surface area (Å²) < 4.78 is 9.75. The molecule has 2 heterocycles. The Labute approximate surface area is 131 Å². The van der Waals surface area contributed by atoms with E-state index in [2.05, 4.69) is 23.5 Å². The molecule has 0 saturated carbocycles. The van der Waals surface area contributed by atoms with Gasteiger partial charge in [0.2, 0.25) is 0 Å². The van der Waals surface area contributed by atoms with Crippen LogP contribution in [0.1, 0.15) is 38.2 Å². The van der Waals surface area contributed by atoms with Crippen molar-refractivity contribution in [2.75, 3.05) is 19.1 Å². The van der Waals surface area contributed by atoms with Gasteiger partial charge in [0, 0.05) is 39.1 Å². The number of rotatable bonds is 9. The Balaban J connectivity index is 2.21. The molecule has 2 aromatic rings. The fourth-order valence-corrected chi connectivity index (χ4v) is 2.78. The van der Waals surface area contributed by atoms with E-state index in [0.29, 0.717) is 5.88 Å². The molecule has 0 aliphatic rings. The highest BCUT2D eigenvalue weighted by Crippen LogP contribution is 2.21. The molecule has 0 saturated heterocycles. The van der Waals surface area contributed by atoms with Crippen molar-refractivity contribution >= 4 is 22.8 Å². The number of fused-ring (bicyclic) bond motifs is 1. The van der Waals surface area contributed by atoms with E-state index in [1.54, 1.807) is 0 Å². The monoisotopic (exact) mass is 312 g/mol. The molecule has 0 atom stereocenters. The molecule has 0 radical (unpaired) electrons. The van der Waals surface area contributed by atoms with Gasteiger partial charge in [-0.05, 0) is 19.3 Å². The molecule has 0 aliphatic carbocycles. The summed E-state index contributed by atoms with van der Waals surface area (Å²) >= 11 is 5.92. The summed E-state index contributed by atoms with van der Waals surface area (Å²) in [5, 5.41) is 4.56. The molecular formula is C15H25ClN4O. The van der Waals surface area contributed by atoms with Crippen LogP contribution in [0, 0.1) is 0 Å². The lowest BCUT2D eigenvalue weighted by Gasteiger charge is -2.09. The average Bonchev–Trinajstić information content (AvgIpc) is 2.98. The van der Waals surface area contributed by atoms with E-state index < -0.39 is 0 Å². The van der Waals surface area contributed by atoms with Crippen molar-refractivity contribution in [2.24, 2.45) is 7.05 Å². The van der Waals surface area contributed by atoms with Crippen LogP contribution in [0.25, 0.3) is 11.2 Å². The van der Waals surface area contributed by atoms with Gasteiger partial charge in [-0.3, -0.25) is 4.68 Å². The number of halogens is 1. The normalized spacial score (nSPS) is 11.6. The number of nitrogens with zero attached hydrogens (tertiary/aromatic N) is 4. The summed E-state index contributed by atoms with van der Waals surface area (Å²) in [6.07, 6.45) is 3.73. The summed E-state index contributed by atoms with van der Waals surface area (Å²) in [4.78, 5) is 4.76. The van der Waals surface area contributed by atoms with Crippen molar-refractivity contribution < 1.29 is 4.74 Å². The fourth-order valence-electron chi connectivity index (χ4n) is 2.61. The topological polar surface area (TPSA) is 44.9 Å². The van der Waals surface area contributed by atoms with E-state index in [1.165, 1.54) is 0 Å². The average molecular weight is 313 g/mol. The predicted molar refractivity (Wildman–Crippen MR) is 86.0 cm³/mol. The van der Waals surface area contributed by atoms with Crippen molar-refractivity contribution in [1.82, 2.24) is 19.3 Å². The minimum Gasteiger partial charge on any atom is -0.381 e.